The first-order chi connectivity index (χ1) is 14.1. The van der Waals surface area contributed by atoms with Crippen LogP contribution in [0.25, 0.3) is 0 Å². The number of sulfonamides is 1. The molecule has 0 spiro atoms. The molecule has 0 unspecified atom stereocenters. The molecule has 0 N–H and O–H groups in total. The number of aromatic nitrogens is 1. The van der Waals surface area contributed by atoms with Gasteiger partial charge in [0.05, 0.1) is 13.2 Å². The SMILES string of the molecule is O=C(c1sccc1S(=O)(=O)N1CCOCC1)N1CCN(Cc2cccnc2)CC1. The number of thiophene rings is 1. The van der Waals surface area contributed by atoms with E-state index in [1.807, 2.05) is 18.3 Å². The van der Waals surface area contributed by atoms with Gasteiger partial charge in [-0.2, -0.15) is 4.31 Å². The molecule has 2 aliphatic rings. The monoisotopic (exact) mass is 436 g/mol. The molecule has 0 aromatic carbocycles. The number of ether oxygens (including phenoxy) is 1. The van der Waals surface area contributed by atoms with Gasteiger partial charge in [-0.1, -0.05) is 6.07 Å². The van der Waals surface area contributed by atoms with E-state index in [0.717, 1.165) is 25.2 Å². The van der Waals surface area contributed by atoms with Crippen LogP contribution < -0.4 is 0 Å². The van der Waals surface area contributed by atoms with Crippen LogP contribution in [0.4, 0.5) is 0 Å². The summed E-state index contributed by atoms with van der Waals surface area (Å²) in [6, 6.07) is 5.50. The summed E-state index contributed by atoms with van der Waals surface area (Å²) in [7, 11) is -3.69. The van der Waals surface area contributed by atoms with E-state index >= 15 is 0 Å². The maximum atomic E-state index is 13.1. The Balaban J connectivity index is 1.42. The van der Waals surface area contributed by atoms with E-state index in [-0.39, 0.29) is 10.8 Å². The van der Waals surface area contributed by atoms with Crippen LogP contribution >= 0.6 is 11.3 Å². The zero-order valence-corrected chi connectivity index (χ0v) is 17.7. The summed E-state index contributed by atoms with van der Waals surface area (Å²) in [5.74, 6) is -0.201. The third-order valence-corrected chi connectivity index (χ3v) is 8.17. The summed E-state index contributed by atoms with van der Waals surface area (Å²) >= 11 is 1.20. The van der Waals surface area contributed by atoms with Crippen molar-refractivity contribution in [3.05, 3.63) is 46.4 Å². The molecule has 0 atom stereocenters. The highest BCUT2D eigenvalue weighted by Gasteiger charge is 2.33. The highest BCUT2D eigenvalue weighted by Crippen LogP contribution is 2.27. The van der Waals surface area contributed by atoms with Gasteiger partial charge in [-0.05, 0) is 23.1 Å². The van der Waals surface area contributed by atoms with E-state index in [1.54, 1.807) is 22.5 Å². The molecule has 4 heterocycles. The number of hydrogen-bond donors (Lipinski definition) is 0. The zero-order valence-electron chi connectivity index (χ0n) is 16.1. The van der Waals surface area contributed by atoms with Crippen molar-refractivity contribution in [3.63, 3.8) is 0 Å². The van der Waals surface area contributed by atoms with Gasteiger partial charge in [-0.15, -0.1) is 11.3 Å². The highest BCUT2D eigenvalue weighted by atomic mass is 32.2. The molecule has 29 heavy (non-hydrogen) atoms. The molecule has 2 aliphatic heterocycles. The number of hydrogen-bond acceptors (Lipinski definition) is 7. The average Bonchev–Trinajstić information content (AvgIpc) is 3.26. The topological polar surface area (TPSA) is 83.0 Å². The quantitative estimate of drug-likeness (QED) is 0.699. The van der Waals surface area contributed by atoms with Crippen molar-refractivity contribution < 1.29 is 17.9 Å². The van der Waals surface area contributed by atoms with E-state index in [9.17, 15) is 13.2 Å². The smallest absolute Gasteiger partial charge is 0.265 e. The van der Waals surface area contributed by atoms with Gasteiger partial charge in [-0.3, -0.25) is 14.7 Å². The number of nitrogens with zero attached hydrogens (tertiary/aromatic N) is 4. The second kappa shape index (κ2) is 8.88. The van der Waals surface area contributed by atoms with Crippen LogP contribution in [0.3, 0.4) is 0 Å². The minimum Gasteiger partial charge on any atom is -0.379 e. The summed E-state index contributed by atoms with van der Waals surface area (Å²) < 4.78 is 32.7. The summed E-state index contributed by atoms with van der Waals surface area (Å²) in [4.78, 5) is 21.7. The molecule has 156 valence electrons. The second-order valence-electron chi connectivity index (χ2n) is 7.06. The van der Waals surface area contributed by atoms with Crippen molar-refractivity contribution in [2.24, 2.45) is 0 Å². The molecule has 0 bridgehead atoms. The Kier molecular flexibility index (Phi) is 6.26. The van der Waals surface area contributed by atoms with Gasteiger partial charge in [-0.25, -0.2) is 8.42 Å². The van der Waals surface area contributed by atoms with E-state index in [0.29, 0.717) is 44.3 Å². The van der Waals surface area contributed by atoms with Gasteiger partial charge in [0, 0.05) is 58.2 Å². The lowest BCUT2D eigenvalue weighted by Gasteiger charge is -2.34. The molecule has 2 aromatic heterocycles. The molecule has 0 radical (unpaired) electrons. The minimum absolute atomic E-state index is 0.118. The van der Waals surface area contributed by atoms with Crippen LogP contribution in [-0.4, -0.2) is 85.9 Å². The third kappa shape index (κ3) is 4.51. The first kappa shape index (κ1) is 20.4. The normalized spacial score (nSPS) is 19.4. The predicted molar refractivity (Wildman–Crippen MR) is 109 cm³/mol. The van der Waals surface area contributed by atoms with Crippen LogP contribution in [0.5, 0.6) is 0 Å². The van der Waals surface area contributed by atoms with Crippen molar-refractivity contribution in [2.75, 3.05) is 52.5 Å². The number of pyridine rings is 1. The van der Waals surface area contributed by atoms with Crippen LogP contribution in [0.2, 0.25) is 0 Å². The standard InChI is InChI=1S/C19H24N4O4S2/c24-19(22-7-5-21(6-8-22)15-16-2-1-4-20-14-16)18-17(3-13-28-18)29(25,26)23-9-11-27-12-10-23/h1-4,13-14H,5-12,15H2. The lowest BCUT2D eigenvalue weighted by Crippen LogP contribution is -2.48. The van der Waals surface area contributed by atoms with E-state index in [2.05, 4.69) is 9.88 Å². The predicted octanol–water partition coefficient (Wildman–Crippen LogP) is 1.12. The van der Waals surface area contributed by atoms with Crippen molar-refractivity contribution in [3.8, 4) is 0 Å². The molecule has 1 amide bonds. The van der Waals surface area contributed by atoms with Crippen LogP contribution in [0.1, 0.15) is 15.2 Å². The van der Waals surface area contributed by atoms with Gasteiger partial charge in [0.1, 0.15) is 9.77 Å². The van der Waals surface area contributed by atoms with Crippen molar-refractivity contribution in [2.45, 2.75) is 11.4 Å². The summed E-state index contributed by atoms with van der Waals surface area (Å²) in [5.41, 5.74) is 1.14. The molecule has 2 fully saturated rings. The molecule has 0 aliphatic carbocycles. The van der Waals surface area contributed by atoms with Gasteiger partial charge in [0.15, 0.2) is 0 Å². The molecular weight excluding hydrogens is 412 g/mol. The molecule has 0 saturated carbocycles. The largest absolute Gasteiger partial charge is 0.379 e. The Bertz CT molecular complexity index is 934. The van der Waals surface area contributed by atoms with Crippen molar-refractivity contribution >= 4 is 27.3 Å². The number of carbonyl (C=O) groups is 1. The first-order valence-corrected chi connectivity index (χ1v) is 11.9. The molecule has 8 nitrogen and oxygen atoms in total. The minimum atomic E-state index is -3.69. The first-order valence-electron chi connectivity index (χ1n) is 9.61. The van der Waals surface area contributed by atoms with E-state index in [1.165, 1.54) is 15.6 Å². The lowest BCUT2D eigenvalue weighted by atomic mass is 10.2. The Morgan fingerprint density at radius 3 is 2.55 bits per heavy atom. The van der Waals surface area contributed by atoms with Crippen LogP contribution in [0, 0.1) is 0 Å². The third-order valence-electron chi connectivity index (χ3n) is 5.20. The summed E-state index contributed by atoms with van der Waals surface area (Å²) in [6.45, 7) is 4.84. The molecule has 10 heteroatoms. The second-order valence-corrected chi connectivity index (χ2v) is 9.88. The van der Waals surface area contributed by atoms with Gasteiger partial charge in [0.25, 0.3) is 5.91 Å². The zero-order chi connectivity index (χ0) is 20.3. The number of piperazine rings is 1. The van der Waals surface area contributed by atoms with Crippen molar-refractivity contribution in [1.82, 2.24) is 19.1 Å². The maximum absolute atomic E-state index is 13.1. The van der Waals surface area contributed by atoms with E-state index < -0.39 is 10.0 Å². The Morgan fingerprint density at radius 2 is 1.86 bits per heavy atom. The van der Waals surface area contributed by atoms with Gasteiger partial charge >= 0.3 is 0 Å². The maximum Gasteiger partial charge on any atom is 0.265 e. The fraction of sp³-hybridized carbons (Fsp3) is 0.474. The van der Waals surface area contributed by atoms with Gasteiger partial charge in [0.2, 0.25) is 10.0 Å². The van der Waals surface area contributed by atoms with E-state index in [4.69, 9.17) is 4.74 Å². The molecule has 4 rings (SSSR count). The average molecular weight is 437 g/mol. The number of amides is 1. The Labute approximate surface area is 174 Å². The number of rotatable bonds is 5. The summed E-state index contributed by atoms with van der Waals surface area (Å²) in [6.07, 6.45) is 3.61. The lowest BCUT2D eigenvalue weighted by molar-refractivity contribution is 0.0628. The Morgan fingerprint density at radius 1 is 1.10 bits per heavy atom. The molecule has 2 saturated heterocycles. The number of morpholine rings is 1. The molecule has 2 aromatic rings. The Hall–Kier alpha value is -1.85. The van der Waals surface area contributed by atoms with Crippen LogP contribution in [0.15, 0.2) is 40.9 Å². The fourth-order valence-electron chi connectivity index (χ4n) is 3.59. The number of carbonyl (C=O) groups excluding carboxylic acids is 1. The summed E-state index contributed by atoms with van der Waals surface area (Å²) in [5, 5.41) is 1.68. The highest BCUT2D eigenvalue weighted by molar-refractivity contribution is 7.89. The molecular formula is C19H24N4O4S2. The van der Waals surface area contributed by atoms with Crippen LogP contribution in [-0.2, 0) is 21.3 Å². The van der Waals surface area contributed by atoms with Gasteiger partial charge < -0.3 is 9.64 Å². The fourth-order valence-corrected chi connectivity index (χ4v) is 6.36. The van der Waals surface area contributed by atoms with Crippen molar-refractivity contribution in [1.29, 1.82) is 0 Å².